The minimum atomic E-state index is -4.32. The number of halogens is 3. The van der Waals surface area contributed by atoms with Crippen molar-refractivity contribution in [3.63, 3.8) is 0 Å². The quantitative estimate of drug-likeness (QED) is 0.810. The van der Waals surface area contributed by atoms with Crippen LogP contribution in [0, 0.1) is 5.92 Å². The van der Waals surface area contributed by atoms with Crippen LogP contribution < -0.4 is 5.32 Å². The van der Waals surface area contributed by atoms with Gasteiger partial charge in [0.15, 0.2) is 0 Å². The monoisotopic (exact) mass is 293 g/mol. The summed E-state index contributed by atoms with van der Waals surface area (Å²) in [6.45, 7) is 3.50. The lowest BCUT2D eigenvalue weighted by Gasteiger charge is -2.19. The smallest absolute Gasteiger partial charge is 0.446 e. The van der Waals surface area contributed by atoms with E-state index in [-0.39, 0.29) is 22.6 Å². The van der Waals surface area contributed by atoms with E-state index >= 15 is 0 Å². The number of hydrogen-bond acceptors (Lipinski definition) is 3. The average molecular weight is 293 g/mol. The first-order valence-corrected chi connectivity index (χ1v) is 6.36. The lowest BCUT2D eigenvalue weighted by molar-refractivity contribution is -0.138. The molecule has 1 aromatic rings. The van der Waals surface area contributed by atoms with Gasteiger partial charge < -0.3 is 10.4 Å². The summed E-state index contributed by atoms with van der Waals surface area (Å²) in [5, 5.41) is 11.8. The SMILES string of the molecule is CC(C)C(Nc1ccc(SC(F)(F)F)cc1)C(=O)O. The molecule has 0 bridgehead atoms. The summed E-state index contributed by atoms with van der Waals surface area (Å²) in [6, 6.07) is 4.71. The first-order valence-electron chi connectivity index (χ1n) is 5.54. The average Bonchev–Trinajstić information content (AvgIpc) is 2.25. The number of alkyl halides is 3. The highest BCUT2D eigenvalue weighted by Gasteiger charge is 2.29. The first-order chi connectivity index (χ1) is 8.69. The van der Waals surface area contributed by atoms with Crippen molar-refractivity contribution in [2.45, 2.75) is 30.3 Å². The Morgan fingerprint density at radius 2 is 1.79 bits per heavy atom. The molecule has 0 spiro atoms. The fourth-order valence-electron chi connectivity index (χ4n) is 1.45. The predicted molar refractivity (Wildman–Crippen MR) is 68.2 cm³/mol. The third-order valence-electron chi connectivity index (χ3n) is 2.34. The van der Waals surface area contributed by atoms with Gasteiger partial charge in [0, 0.05) is 10.6 Å². The number of carboxylic acid groups (broad SMARTS) is 1. The van der Waals surface area contributed by atoms with Crippen LogP contribution in [0.3, 0.4) is 0 Å². The molecule has 0 aliphatic heterocycles. The summed E-state index contributed by atoms with van der Waals surface area (Å²) in [5.74, 6) is -1.13. The molecule has 0 saturated heterocycles. The number of aliphatic carboxylic acids is 1. The van der Waals surface area contributed by atoms with Gasteiger partial charge in [-0.25, -0.2) is 4.79 Å². The minimum absolute atomic E-state index is 0.0643. The molecule has 106 valence electrons. The van der Waals surface area contributed by atoms with Crippen LogP contribution in [0.15, 0.2) is 29.2 Å². The predicted octanol–water partition coefficient (Wildman–Crippen LogP) is 3.82. The van der Waals surface area contributed by atoms with Crippen molar-refractivity contribution in [3.8, 4) is 0 Å². The van der Waals surface area contributed by atoms with E-state index in [0.29, 0.717) is 5.69 Å². The van der Waals surface area contributed by atoms with Gasteiger partial charge in [-0.15, -0.1) is 0 Å². The van der Waals surface area contributed by atoms with Gasteiger partial charge in [-0.1, -0.05) is 13.8 Å². The molecule has 0 heterocycles. The zero-order valence-corrected chi connectivity index (χ0v) is 11.2. The van der Waals surface area contributed by atoms with E-state index in [1.165, 1.54) is 24.3 Å². The molecule has 7 heteroatoms. The Balaban J connectivity index is 2.74. The molecule has 0 fully saturated rings. The first kappa shape index (κ1) is 15.7. The largest absolute Gasteiger partial charge is 0.480 e. The second kappa shape index (κ2) is 6.18. The molecule has 19 heavy (non-hydrogen) atoms. The molecule has 0 aromatic heterocycles. The highest BCUT2D eigenvalue weighted by Crippen LogP contribution is 2.37. The van der Waals surface area contributed by atoms with Crippen LogP contribution in [0.1, 0.15) is 13.8 Å². The number of anilines is 1. The molecule has 1 atom stereocenters. The normalized spacial score (nSPS) is 13.4. The van der Waals surface area contributed by atoms with Gasteiger partial charge in [0.2, 0.25) is 0 Å². The van der Waals surface area contributed by atoms with Gasteiger partial charge >= 0.3 is 11.5 Å². The Bertz CT molecular complexity index is 432. The van der Waals surface area contributed by atoms with Crippen LogP contribution in [-0.2, 0) is 4.79 Å². The van der Waals surface area contributed by atoms with Crippen LogP contribution in [0.5, 0.6) is 0 Å². The molecule has 1 aromatic carbocycles. The van der Waals surface area contributed by atoms with Crippen molar-refractivity contribution in [2.75, 3.05) is 5.32 Å². The Morgan fingerprint density at radius 1 is 1.26 bits per heavy atom. The topological polar surface area (TPSA) is 49.3 Å². The number of hydrogen-bond donors (Lipinski definition) is 2. The lowest BCUT2D eigenvalue weighted by atomic mass is 10.0. The lowest BCUT2D eigenvalue weighted by Crippen LogP contribution is -2.34. The molecule has 3 nitrogen and oxygen atoms in total. The molecule has 0 amide bonds. The standard InChI is InChI=1S/C12H14F3NO2S/c1-7(2)10(11(17)18)16-8-3-5-9(6-4-8)19-12(13,14)15/h3-7,10,16H,1-2H3,(H,17,18). The van der Waals surface area contributed by atoms with Gasteiger partial charge in [-0.05, 0) is 41.9 Å². The van der Waals surface area contributed by atoms with Crippen molar-refractivity contribution in [2.24, 2.45) is 5.92 Å². The summed E-state index contributed by atoms with van der Waals surface area (Å²) in [5.41, 5.74) is -3.84. The van der Waals surface area contributed by atoms with E-state index in [2.05, 4.69) is 5.32 Å². The van der Waals surface area contributed by atoms with Crippen LogP contribution in [0.4, 0.5) is 18.9 Å². The van der Waals surface area contributed by atoms with Crippen molar-refractivity contribution in [3.05, 3.63) is 24.3 Å². The summed E-state index contributed by atoms with van der Waals surface area (Å²) in [7, 11) is 0. The van der Waals surface area contributed by atoms with E-state index in [1.54, 1.807) is 13.8 Å². The number of carbonyl (C=O) groups is 1. The van der Waals surface area contributed by atoms with Crippen molar-refractivity contribution in [1.82, 2.24) is 0 Å². The fourth-order valence-corrected chi connectivity index (χ4v) is 1.99. The molecule has 2 N–H and O–H groups in total. The molecule has 1 unspecified atom stereocenters. The number of thioether (sulfide) groups is 1. The summed E-state index contributed by atoms with van der Waals surface area (Å²) in [4.78, 5) is 11.0. The number of nitrogens with one attached hydrogen (secondary N) is 1. The second-order valence-electron chi connectivity index (χ2n) is 4.28. The Kier molecular flexibility index (Phi) is 5.11. The van der Waals surface area contributed by atoms with Crippen molar-refractivity contribution >= 4 is 23.4 Å². The van der Waals surface area contributed by atoms with Crippen LogP contribution >= 0.6 is 11.8 Å². The Morgan fingerprint density at radius 3 is 2.16 bits per heavy atom. The molecular weight excluding hydrogens is 279 g/mol. The maximum absolute atomic E-state index is 12.1. The van der Waals surface area contributed by atoms with E-state index in [0.717, 1.165) is 0 Å². The van der Waals surface area contributed by atoms with E-state index in [1.807, 2.05) is 0 Å². The van der Waals surface area contributed by atoms with E-state index in [4.69, 9.17) is 5.11 Å². The second-order valence-corrected chi connectivity index (χ2v) is 5.41. The Labute approximate surface area is 113 Å². The zero-order chi connectivity index (χ0) is 14.6. The minimum Gasteiger partial charge on any atom is -0.480 e. The van der Waals surface area contributed by atoms with Crippen LogP contribution in [-0.4, -0.2) is 22.6 Å². The van der Waals surface area contributed by atoms with Crippen molar-refractivity contribution < 1.29 is 23.1 Å². The summed E-state index contributed by atoms with van der Waals surface area (Å²) in [6.07, 6.45) is 0. The molecule has 1 rings (SSSR count). The molecular formula is C12H14F3NO2S. The maximum Gasteiger partial charge on any atom is 0.446 e. The van der Waals surface area contributed by atoms with Gasteiger partial charge in [-0.3, -0.25) is 0 Å². The third kappa shape index (κ3) is 5.42. The molecule has 0 aliphatic rings. The number of rotatable bonds is 5. The van der Waals surface area contributed by atoms with Gasteiger partial charge in [-0.2, -0.15) is 13.2 Å². The van der Waals surface area contributed by atoms with Crippen LogP contribution in [0.25, 0.3) is 0 Å². The third-order valence-corrected chi connectivity index (χ3v) is 3.08. The number of benzene rings is 1. The number of carboxylic acids is 1. The van der Waals surface area contributed by atoms with Gasteiger partial charge in [0.05, 0.1) is 0 Å². The maximum atomic E-state index is 12.1. The van der Waals surface area contributed by atoms with Gasteiger partial charge in [0.1, 0.15) is 6.04 Å². The molecule has 0 radical (unpaired) electrons. The molecule has 0 saturated carbocycles. The van der Waals surface area contributed by atoms with Crippen LogP contribution in [0.2, 0.25) is 0 Å². The highest BCUT2D eigenvalue weighted by molar-refractivity contribution is 8.00. The molecule has 0 aliphatic carbocycles. The van der Waals surface area contributed by atoms with Crippen molar-refractivity contribution in [1.29, 1.82) is 0 Å². The van der Waals surface area contributed by atoms with E-state index < -0.39 is 17.5 Å². The highest BCUT2D eigenvalue weighted by atomic mass is 32.2. The summed E-state index contributed by atoms with van der Waals surface area (Å²) < 4.78 is 36.4. The fraction of sp³-hybridized carbons (Fsp3) is 0.417. The van der Waals surface area contributed by atoms with Gasteiger partial charge in [0.25, 0.3) is 0 Å². The zero-order valence-electron chi connectivity index (χ0n) is 10.4. The summed E-state index contributed by atoms with van der Waals surface area (Å²) >= 11 is -0.203. The Hall–Kier alpha value is -1.37. The van der Waals surface area contributed by atoms with E-state index in [9.17, 15) is 18.0 Å².